The van der Waals surface area contributed by atoms with Crippen molar-refractivity contribution in [3.05, 3.63) is 83.1 Å². The number of aromatic nitrogens is 1. The number of para-hydroxylation sites is 1. The molecule has 6 unspecified atom stereocenters. The minimum absolute atomic E-state index is 0.00728. The highest BCUT2D eigenvalue weighted by atomic mass is 32.1. The van der Waals surface area contributed by atoms with Crippen molar-refractivity contribution in [1.29, 1.82) is 0 Å². The van der Waals surface area contributed by atoms with Crippen LogP contribution in [0.15, 0.2) is 71.4 Å². The molecule has 2 aromatic heterocycles. The Labute approximate surface area is 328 Å². The van der Waals surface area contributed by atoms with Gasteiger partial charge in [0.15, 0.2) is 8.30 Å². The summed E-state index contributed by atoms with van der Waals surface area (Å²) in [5.41, 5.74) is 2.02. The van der Waals surface area contributed by atoms with E-state index in [0.29, 0.717) is 23.3 Å². The number of amides is 3. The molecule has 0 radical (unpaired) electrons. The standard InChI is InChI=1S/C23H25N2O4PS.C11H19NO.C7H8N2O2/c1-4-12-28-23(27)15(2)25-22(30(25)29-18-8-6-5-7-9-18)16-10-11-19-17(13-16)14-20(31-19)21(26)24-3;1-9-8-10(9)4-5-11(13)12-6-2-3-7-12;10-5-9-3-6(4-9)7-1-2-11-8-7/h5-11,13-15,22H,4,12H2,1-3H3,(H,24,26);9-10H,2-8H2,1H3;1-2,5-6H,3-4H2. The SMILES string of the molecule is CC1CC1CCC(=O)N1CCCC1.CCCOC(=O)C(C)N1C(c2ccc3sc(C(=O)NC)cc3c2)P1Oc1ccccc1.O=CN1CC(c2ccon2)C1. The van der Waals surface area contributed by atoms with Crippen LogP contribution in [0.3, 0.4) is 0 Å². The minimum Gasteiger partial charge on any atom is -0.465 e. The van der Waals surface area contributed by atoms with E-state index in [1.54, 1.807) is 18.2 Å². The Balaban J connectivity index is 0.000000173. The highest BCUT2D eigenvalue weighted by Gasteiger charge is 2.57. The zero-order valence-corrected chi connectivity index (χ0v) is 33.8. The first-order chi connectivity index (χ1) is 26.7. The Morgan fingerprint density at radius 3 is 2.47 bits per heavy atom. The highest BCUT2D eigenvalue weighted by molar-refractivity contribution is 7.57. The normalized spacial score (nSPS) is 22.9. The Morgan fingerprint density at radius 2 is 1.84 bits per heavy atom. The summed E-state index contributed by atoms with van der Waals surface area (Å²) < 4.78 is 19.5. The molecule has 0 spiro atoms. The molecule has 1 saturated carbocycles. The molecule has 5 heterocycles. The molecule has 12 nitrogen and oxygen atoms in total. The fourth-order valence-corrected chi connectivity index (χ4v) is 10.0. The maximum atomic E-state index is 12.5. The number of esters is 1. The van der Waals surface area contributed by atoms with Gasteiger partial charge in [-0.2, -0.15) is 0 Å². The molecule has 2 aromatic carbocycles. The summed E-state index contributed by atoms with van der Waals surface area (Å²) in [5, 5.41) is 7.48. The summed E-state index contributed by atoms with van der Waals surface area (Å²) in [6, 6.07) is 19.2. The second-order valence-corrected chi connectivity index (χ2v) is 17.4. The quantitative estimate of drug-likeness (QED) is 0.0630. The van der Waals surface area contributed by atoms with E-state index in [9.17, 15) is 19.2 Å². The summed E-state index contributed by atoms with van der Waals surface area (Å²) in [5.74, 6) is 3.01. The van der Waals surface area contributed by atoms with Gasteiger partial charge in [-0.25, -0.2) is 4.67 Å². The molecule has 6 atom stereocenters. The molecule has 4 aromatic rings. The molecule has 1 N–H and O–H groups in total. The number of thiophene rings is 1. The van der Waals surface area contributed by atoms with Crippen LogP contribution < -0.4 is 9.84 Å². The van der Waals surface area contributed by atoms with Crippen molar-refractivity contribution in [3.63, 3.8) is 0 Å². The summed E-state index contributed by atoms with van der Waals surface area (Å²) in [4.78, 5) is 50.7. The van der Waals surface area contributed by atoms with Crippen LogP contribution in [-0.2, 0) is 19.1 Å². The average Bonchev–Trinajstić information content (AvgIpc) is 3.69. The van der Waals surface area contributed by atoms with Gasteiger partial charge in [0.05, 0.1) is 17.2 Å². The van der Waals surface area contributed by atoms with E-state index in [2.05, 4.69) is 38.7 Å². The van der Waals surface area contributed by atoms with Crippen LogP contribution in [0.25, 0.3) is 10.1 Å². The molecule has 3 saturated heterocycles. The smallest absolute Gasteiger partial charge is 0.323 e. The molecule has 294 valence electrons. The fourth-order valence-electron chi connectivity index (χ4n) is 6.86. The monoisotopic (exact) mass is 789 g/mol. The number of fused-ring (bicyclic) bond motifs is 1. The predicted molar refractivity (Wildman–Crippen MR) is 214 cm³/mol. The molecule has 1 aliphatic carbocycles. The van der Waals surface area contributed by atoms with Gasteiger partial charge in [-0.15, -0.1) is 11.3 Å². The van der Waals surface area contributed by atoms with Crippen molar-refractivity contribution in [3.8, 4) is 5.75 Å². The first-order valence-corrected chi connectivity index (χ1v) is 21.4. The molecule has 4 aliphatic rings. The molecule has 0 bridgehead atoms. The number of carbonyl (C=O) groups excluding carboxylic acids is 4. The van der Waals surface area contributed by atoms with Gasteiger partial charge in [-0.05, 0) is 92.1 Å². The molecule has 3 aliphatic heterocycles. The zero-order chi connectivity index (χ0) is 38.9. The van der Waals surface area contributed by atoms with E-state index in [1.165, 1.54) is 30.6 Å². The number of benzene rings is 2. The van der Waals surface area contributed by atoms with E-state index in [1.807, 2.05) is 67.3 Å². The Kier molecular flexibility index (Phi) is 14.0. The molecule has 3 amide bonds. The summed E-state index contributed by atoms with van der Waals surface area (Å²) in [6.07, 6.45) is 8.92. The third-order valence-electron chi connectivity index (χ3n) is 10.4. The first kappa shape index (κ1) is 40.3. The summed E-state index contributed by atoms with van der Waals surface area (Å²) in [7, 11) is 0.608. The van der Waals surface area contributed by atoms with Crippen molar-refractivity contribution in [2.75, 3.05) is 39.8 Å². The van der Waals surface area contributed by atoms with Crippen LogP contribution >= 0.6 is 19.6 Å². The summed E-state index contributed by atoms with van der Waals surface area (Å²) in [6.45, 7) is 10.1. The van der Waals surface area contributed by atoms with E-state index >= 15 is 0 Å². The number of nitrogens with zero attached hydrogens (tertiary/aromatic N) is 4. The van der Waals surface area contributed by atoms with Crippen molar-refractivity contribution in [1.82, 2.24) is 24.9 Å². The molecule has 4 fully saturated rings. The second-order valence-electron chi connectivity index (χ2n) is 14.6. The lowest BCUT2D eigenvalue weighted by Crippen LogP contribution is -2.43. The minimum atomic E-state index is -1.02. The molecular formula is C41H52N5O7PS. The van der Waals surface area contributed by atoms with Gasteiger partial charge in [0.25, 0.3) is 5.91 Å². The van der Waals surface area contributed by atoms with Crippen molar-refractivity contribution >= 4 is 53.9 Å². The first-order valence-electron chi connectivity index (χ1n) is 19.3. The summed E-state index contributed by atoms with van der Waals surface area (Å²) >= 11 is 1.47. The number of hydrogen-bond acceptors (Lipinski definition) is 10. The van der Waals surface area contributed by atoms with Gasteiger partial charge in [-0.3, -0.25) is 19.2 Å². The van der Waals surface area contributed by atoms with Crippen LogP contribution in [0.1, 0.15) is 91.9 Å². The number of rotatable bonds is 13. The van der Waals surface area contributed by atoms with Gasteiger partial charge in [0.2, 0.25) is 12.3 Å². The third-order valence-corrected chi connectivity index (χ3v) is 13.7. The van der Waals surface area contributed by atoms with Crippen LogP contribution in [0.4, 0.5) is 0 Å². The van der Waals surface area contributed by atoms with Crippen LogP contribution in [0, 0.1) is 11.8 Å². The topological polar surface area (TPSA) is 134 Å². The van der Waals surface area contributed by atoms with E-state index in [-0.39, 0.29) is 17.7 Å². The Hall–Kier alpha value is -4.32. The molecular weight excluding hydrogens is 738 g/mol. The maximum absolute atomic E-state index is 12.5. The van der Waals surface area contributed by atoms with Gasteiger partial charge < -0.3 is 28.9 Å². The molecule has 8 rings (SSSR count). The van der Waals surface area contributed by atoms with Gasteiger partial charge >= 0.3 is 5.97 Å². The molecule has 55 heavy (non-hydrogen) atoms. The van der Waals surface area contributed by atoms with Crippen molar-refractivity contribution in [2.24, 2.45) is 11.8 Å². The predicted octanol–water partition coefficient (Wildman–Crippen LogP) is 7.58. The lowest BCUT2D eigenvalue weighted by Gasteiger charge is -2.34. The van der Waals surface area contributed by atoms with Gasteiger partial charge in [-0.1, -0.05) is 43.3 Å². The largest absolute Gasteiger partial charge is 0.465 e. The van der Waals surface area contributed by atoms with Crippen molar-refractivity contribution in [2.45, 2.75) is 77.0 Å². The fraction of sp³-hybridized carbons (Fsp3) is 0.488. The zero-order valence-electron chi connectivity index (χ0n) is 32.1. The lowest BCUT2D eigenvalue weighted by atomic mass is 9.98. The van der Waals surface area contributed by atoms with E-state index in [4.69, 9.17) is 9.26 Å². The third kappa shape index (κ3) is 10.5. The van der Waals surface area contributed by atoms with E-state index in [0.717, 1.165) is 90.8 Å². The molecule has 14 heteroatoms. The lowest BCUT2D eigenvalue weighted by molar-refractivity contribution is -0.147. The van der Waals surface area contributed by atoms with Gasteiger partial charge in [0, 0.05) is 56.3 Å². The number of likely N-dealkylation sites (tertiary alicyclic amines) is 2. The van der Waals surface area contributed by atoms with E-state index < -0.39 is 14.3 Å². The van der Waals surface area contributed by atoms with Crippen molar-refractivity contribution < 1.29 is 33.0 Å². The highest BCUT2D eigenvalue weighted by Crippen LogP contribution is 2.75. The maximum Gasteiger partial charge on any atom is 0.323 e. The van der Waals surface area contributed by atoms with Gasteiger partial charge in [0.1, 0.15) is 23.8 Å². The Morgan fingerprint density at radius 1 is 1.09 bits per heavy atom. The van der Waals surface area contributed by atoms with Crippen LogP contribution in [0.5, 0.6) is 5.75 Å². The number of hydrogen-bond donors (Lipinski definition) is 1. The Bertz CT molecular complexity index is 1880. The average molecular weight is 790 g/mol. The number of nitrogens with one attached hydrogen (secondary N) is 1. The second kappa shape index (κ2) is 19.0. The number of carbonyl (C=O) groups is 4. The van der Waals surface area contributed by atoms with Crippen LogP contribution in [-0.4, -0.2) is 89.7 Å². The van der Waals surface area contributed by atoms with Crippen LogP contribution in [0.2, 0.25) is 0 Å². The number of ether oxygens (including phenoxy) is 1.